The van der Waals surface area contributed by atoms with Crippen molar-refractivity contribution in [2.75, 3.05) is 0 Å². The zero-order chi connectivity index (χ0) is 12.4. The molecule has 0 amide bonds. The van der Waals surface area contributed by atoms with Gasteiger partial charge in [-0.2, -0.15) is 0 Å². The van der Waals surface area contributed by atoms with Crippen LogP contribution >= 0.6 is 0 Å². The summed E-state index contributed by atoms with van der Waals surface area (Å²) in [6, 6.07) is 3.11. The highest BCUT2D eigenvalue weighted by molar-refractivity contribution is 5.90. The van der Waals surface area contributed by atoms with Gasteiger partial charge in [0.1, 0.15) is 11.6 Å². The second-order valence-electron chi connectivity index (χ2n) is 4.19. The number of carboxylic acids is 1. The van der Waals surface area contributed by atoms with E-state index in [0.29, 0.717) is 5.57 Å². The second-order valence-corrected chi connectivity index (χ2v) is 4.19. The Morgan fingerprint density at radius 1 is 1.35 bits per heavy atom. The van der Waals surface area contributed by atoms with Gasteiger partial charge in [0.25, 0.3) is 0 Å². The van der Waals surface area contributed by atoms with E-state index in [9.17, 15) is 13.6 Å². The van der Waals surface area contributed by atoms with E-state index < -0.39 is 17.6 Å². The molecule has 0 bridgehead atoms. The Kier molecular flexibility index (Phi) is 3.22. The smallest absolute Gasteiger partial charge is 0.328 e. The molecule has 2 nitrogen and oxygen atoms in total. The lowest BCUT2D eigenvalue weighted by molar-refractivity contribution is -0.131. The third-order valence-corrected chi connectivity index (χ3v) is 3.06. The van der Waals surface area contributed by atoms with Crippen molar-refractivity contribution in [2.45, 2.75) is 19.3 Å². The highest BCUT2D eigenvalue weighted by atomic mass is 19.1. The SMILES string of the molecule is O=C(O)/C=C(/c1cc(F)ccc1F)C1CCC1. The first-order chi connectivity index (χ1) is 8.08. The minimum absolute atomic E-state index is 0.0300. The molecule has 1 N–H and O–H groups in total. The standard InChI is InChI=1S/C13H12F2O2/c14-9-4-5-12(15)11(6-9)10(7-13(16)17)8-2-1-3-8/h4-8H,1-3H2,(H,16,17)/b10-7+. The number of benzene rings is 1. The predicted octanol–water partition coefficient (Wildman–Crippen LogP) is 3.23. The van der Waals surface area contributed by atoms with Gasteiger partial charge in [-0.05, 0) is 42.5 Å². The maximum absolute atomic E-state index is 13.6. The third-order valence-electron chi connectivity index (χ3n) is 3.06. The van der Waals surface area contributed by atoms with Crippen molar-refractivity contribution in [1.29, 1.82) is 0 Å². The molecule has 0 atom stereocenters. The number of carbonyl (C=O) groups is 1. The Labute approximate surface area is 97.6 Å². The molecule has 0 heterocycles. The topological polar surface area (TPSA) is 37.3 Å². The molecule has 1 aliphatic carbocycles. The van der Waals surface area contributed by atoms with Crippen LogP contribution in [0.3, 0.4) is 0 Å². The summed E-state index contributed by atoms with van der Waals surface area (Å²) in [5.41, 5.74) is 0.456. The molecule has 1 aromatic rings. The van der Waals surface area contributed by atoms with Crippen LogP contribution in [0.1, 0.15) is 24.8 Å². The van der Waals surface area contributed by atoms with Gasteiger partial charge in [0.05, 0.1) is 0 Å². The van der Waals surface area contributed by atoms with E-state index in [1.807, 2.05) is 0 Å². The van der Waals surface area contributed by atoms with E-state index in [2.05, 4.69) is 0 Å². The van der Waals surface area contributed by atoms with Gasteiger partial charge in [0.2, 0.25) is 0 Å². The van der Waals surface area contributed by atoms with Gasteiger partial charge in [-0.3, -0.25) is 0 Å². The van der Waals surface area contributed by atoms with Crippen LogP contribution in [0.25, 0.3) is 5.57 Å². The molecule has 1 aromatic carbocycles. The van der Waals surface area contributed by atoms with E-state index in [1.165, 1.54) is 0 Å². The Hall–Kier alpha value is -1.71. The summed E-state index contributed by atoms with van der Waals surface area (Å²) in [5, 5.41) is 8.78. The van der Waals surface area contributed by atoms with Crippen molar-refractivity contribution in [2.24, 2.45) is 5.92 Å². The molecule has 0 unspecified atom stereocenters. The first kappa shape index (κ1) is 11.8. The van der Waals surface area contributed by atoms with Gasteiger partial charge in [-0.15, -0.1) is 0 Å². The van der Waals surface area contributed by atoms with Crippen LogP contribution in [0, 0.1) is 17.6 Å². The average Bonchev–Trinajstić information content (AvgIpc) is 2.17. The Morgan fingerprint density at radius 3 is 2.59 bits per heavy atom. The van der Waals surface area contributed by atoms with Crippen LogP contribution in [0.2, 0.25) is 0 Å². The number of rotatable bonds is 3. The average molecular weight is 238 g/mol. The largest absolute Gasteiger partial charge is 0.478 e. The number of aliphatic carboxylic acids is 1. The molecule has 0 spiro atoms. The van der Waals surface area contributed by atoms with Crippen LogP contribution in [-0.2, 0) is 4.79 Å². The molecule has 1 aliphatic rings. The predicted molar refractivity (Wildman–Crippen MR) is 59.3 cm³/mol. The van der Waals surface area contributed by atoms with E-state index in [0.717, 1.165) is 43.5 Å². The summed E-state index contributed by atoms with van der Waals surface area (Å²) >= 11 is 0. The van der Waals surface area contributed by atoms with Gasteiger partial charge >= 0.3 is 5.97 Å². The zero-order valence-corrected chi connectivity index (χ0v) is 9.12. The van der Waals surface area contributed by atoms with Crippen LogP contribution in [-0.4, -0.2) is 11.1 Å². The maximum Gasteiger partial charge on any atom is 0.328 e. The minimum atomic E-state index is -1.13. The summed E-state index contributed by atoms with van der Waals surface area (Å²) in [6.07, 6.45) is 3.64. The first-order valence-corrected chi connectivity index (χ1v) is 5.48. The molecule has 2 rings (SSSR count). The normalized spacial score (nSPS) is 16.7. The Morgan fingerprint density at radius 2 is 2.06 bits per heavy atom. The highest BCUT2D eigenvalue weighted by Crippen LogP contribution is 2.39. The van der Waals surface area contributed by atoms with E-state index in [-0.39, 0.29) is 11.5 Å². The molecule has 1 saturated carbocycles. The van der Waals surface area contributed by atoms with Gasteiger partial charge in [-0.1, -0.05) is 6.42 Å². The van der Waals surface area contributed by atoms with Gasteiger partial charge in [-0.25, -0.2) is 13.6 Å². The van der Waals surface area contributed by atoms with Crippen LogP contribution in [0.4, 0.5) is 8.78 Å². The summed E-state index contributed by atoms with van der Waals surface area (Å²) < 4.78 is 26.7. The summed E-state index contributed by atoms with van der Waals surface area (Å²) in [5.74, 6) is -2.24. The maximum atomic E-state index is 13.6. The number of halogens is 2. The highest BCUT2D eigenvalue weighted by Gasteiger charge is 2.25. The second kappa shape index (κ2) is 4.65. The molecule has 4 heteroatoms. The molecule has 0 radical (unpaired) electrons. The lowest BCUT2D eigenvalue weighted by Gasteiger charge is -2.28. The monoisotopic (exact) mass is 238 g/mol. The fourth-order valence-corrected chi connectivity index (χ4v) is 1.99. The molecule has 0 saturated heterocycles. The molecule has 1 fully saturated rings. The van der Waals surface area contributed by atoms with Crippen molar-refractivity contribution in [3.05, 3.63) is 41.5 Å². The zero-order valence-electron chi connectivity index (χ0n) is 9.12. The fraction of sp³-hybridized carbons (Fsp3) is 0.308. The Bertz CT molecular complexity index is 476. The van der Waals surface area contributed by atoms with Crippen molar-refractivity contribution in [3.63, 3.8) is 0 Å². The van der Waals surface area contributed by atoms with Crippen molar-refractivity contribution >= 4 is 11.5 Å². The molecule has 0 aromatic heterocycles. The Balaban J connectivity index is 2.44. The van der Waals surface area contributed by atoms with Crippen molar-refractivity contribution in [1.82, 2.24) is 0 Å². The number of carboxylic acid groups (broad SMARTS) is 1. The molecule has 0 aliphatic heterocycles. The van der Waals surface area contributed by atoms with Gasteiger partial charge in [0, 0.05) is 11.6 Å². The van der Waals surface area contributed by atoms with E-state index >= 15 is 0 Å². The molecule has 17 heavy (non-hydrogen) atoms. The number of hydrogen-bond donors (Lipinski definition) is 1. The van der Waals surface area contributed by atoms with Crippen molar-refractivity contribution < 1.29 is 18.7 Å². The number of allylic oxidation sites excluding steroid dienone is 1. The lowest BCUT2D eigenvalue weighted by atomic mass is 9.77. The van der Waals surface area contributed by atoms with Crippen LogP contribution in [0.5, 0.6) is 0 Å². The van der Waals surface area contributed by atoms with Crippen LogP contribution in [0.15, 0.2) is 24.3 Å². The quantitative estimate of drug-likeness (QED) is 0.821. The van der Waals surface area contributed by atoms with Gasteiger partial charge in [0.15, 0.2) is 0 Å². The van der Waals surface area contributed by atoms with Crippen LogP contribution < -0.4 is 0 Å². The van der Waals surface area contributed by atoms with E-state index in [4.69, 9.17) is 5.11 Å². The van der Waals surface area contributed by atoms with E-state index in [1.54, 1.807) is 0 Å². The molecular formula is C13H12F2O2. The molecular weight excluding hydrogens is 226 g/mol. The lowest BCUT2D eigenvalue weighted by Crippen LogP contribution is -2.15. The third kappa shape index (κ3) is 2.52. The minimum Gasteiger partial charge on any atom is -0.478 e. The van der Waals surface area contributed by atoms with Gasteiger partial charge < -0.3 is 5.11 Å². The number of hydrogen-bond acceptors (Lipinski definition) is 1. The summed E-state index contributed by atoms with van der Waals surface area (Å²) in [6.45, 7) is 0. The molecule has 90 valence electrons. The fourth-order valence-electron chi connectivity index (χ4n) is 1.99. The summed E-state index contributed by atoms with van der Waals surface area (Å²) in [4.78, 5) is 10.7. The first-order valence-electron chi connectivity index (χ1n) is 5.48. The van der Waals surface area contributed by atoms with Crippen molar-refractivity contribution in [3.8, 4) is 0 Å². The summed E-state index contributed by atoms with van der Waals surface area (Å²) in [7, 11) is 0.